The number of benzene rings is 1. The van der Waals surface area contributed by atoms with E-state index in [1.807, 2.05) is 24.8 Å². The predicted octanol–water partition coefficient (Wildman–Crippen LogP) is 4.57. The molecule has 0 fully saturated rings. The summed E-state index contributed by atoms with van der Waals surface area (Å²) < 4.78 is 5.84. The highest BCUT2D eigenvalue weighted by molar-refractivity contribution is 6.05. The van der Waals surface area contributed by atoms with E-state index in [2.05, 4.69) is 41.7 Å². The normalized spacial score (nSPS) is 15.8. The number of pyridine rings is 1. The highest BCUT2D eigenvalue weighted by atomic mass is 16.5. The largest absolute Gasteiger partial charge is 0.493 e. The molecule has 1 unspecified atom stereocenters. The molecule has 1 aliphatic rings. The molecule has 2 aromatic heterocycles. The second-order valence-corrected chi connectivity index (χ2v) is 6.92. The summed E-state index contributed by atoms with van der Waals surface area (Å²) >= 11 is 0. The zero-order valence-electron chi connectivity index (χ0n) is 15.9. The second-order valence-electron chi connectivity index (χ2n) is 6.92. The Balaban J connectivity index is 1.92. The van der Waals surface area contributed by atoms with Crippen LogP contribution in [0.2, 0.25) is 0 Å². The number of hydrogen-bond donors (Lipinski definition) is 1. The van der Waals surface area contributed by atoms with Crippen molar-refractivity contribution in [1.29, 1.82) is 0 Å². The summed E-state index contributed by atoms with van der Waals surface area (Å²) in [5.74, 6) is 1.06. The fourth-order valence-corrected chi connectivity index (χ4v) is 3.98. The van der Waals surface area contributed by atoms with Gasteiger partial charge < -0.3 is 14.6 Å². The van der Waals surface area contributed by atoms with E-state index in [0.29, 0.717) is 19.1 Å². The number of carbonyl (C=O) groups is 1. The van der Waals surface area contributed by atoms with Crippen LogP contribution in [0.15, 0.2) is 43.1 Å². The van der Waals surface area contributed by atoms with Crippen molar-refractivity contribution < 1.29 is 9.53 Å². The highest BCUT2D eigenvalue weighted by Crippen LogP contribution is 2.42. The first kappa shape index (κ1) is 17.3. The molecule has 27 heavy (non-hydrogen) atoms. The lowest BCUT2D eigenvalue weighted by atomic mass is 9.97. The molecular weight excluding hydrogens is 338 g/mol. The van der Waals surface area contributed by atoms with Crippen molar-refractivity contribution in [3.8, 4) is 16.9 Å². The van der Waals surface area contributed by atoms with Crippen LogP contribution in [-0.4, -0.2) is 29.0 Å². The Kier molecular flexibility index (Phi) is 4.22. The van der Waals surface area contributed by atoms with Gasteiger partial charge in [-0.05, 0) is 43.2 Å². The van der Waals surface area contributed by atoms with Gasteiger partial charge in [0.15, 0.2) is 0 Å². The molecule has 3 aromatic rings. The molecule has 1 N–H and O–H groups in total. The monoisotopic (exact) mass is 361 g/mol. The Labute approximate surface area is 158 Å². The number of nitrogens with zero attached hydrogens (tertiary/aromatic N) is 2. The summed E-state index contributed by atoms with van der Waals surface area (Å²) in [5, 5.41) is 0.976. The van der Waals surface area contributed by atoms with Crippen molar-refractivity contribution in [3.63, 3.8) is 0 Å². The van der Waals surface area contributed by atoms with Gasteiger partial charge in [-0.3, -0.25) is 4.79 Å². The number of hydrogen-bond acceptors (Lipinski definition) is 3. The van der Waals surface area contributed by atoms with E-state index in [0.717, 1.165) is 39.3 Å². The van der Waals surface area contributed by atoms with E-state index in [9.17, 15) is 4.79 Å². The van der Waals surface area contributed by atoms with Crippen LogP contribution in [0.1, 0.15) is 31.0 Å². The summed E-state index contributed by atoms with van der Waals surface area (Å²) in [6.45, 7) is 11.1. The van der Waals surface area contributed by atoms with Gasteiger partial charge in [-0.1, -0.05) is 25.6 Å². The van der Waals surface area contributed by atoms with Crippen LogP contribution >= 0.6 is 0 Å². The molecule has 0 saturated carbocycles. The van der Waals surface area contributed by atoms with E-state index >= 15 is 0 Å². The van der Waals surface area contributed by atoms with E-state index in [1.54, 1.807) is 6.20 Å². The fraction of sp³-hybridized carbons (Fsp3) is 0.273. The van der Waals surface area contributed by atoms with Crippen molar-refractivity contribution in [2.24, 2.45) is 0 Å². The van der Waals surface area contributed by atoms with E-state index in [-0.39, 0.29) is 5.91 Å². The van der Waals surface area contributed by atoms with E-state index < -0.39 is 0 Å². The van der Waals surface area contributed by atoms with Gasteiger partial charge >= 0.3 is 0 Å². The Hall–Kier alpha value is -3.08. The molecule has 0 saturated heterocycles. The van der Waals surface area contributed by atoms with Gasteiger partial charge in [0.25, 0.3) is 0 Å². The topological polar surface area (TPSA) is 58.2 Å². The summed E-state index contributed by atoms with van der Waals surface area (Å²) in [6.07, 6.45) is 3.13. The van der Waals surface area contributed by atoms with Gasteiger partial charge in [-0.2, -0.15) is 0 Å². The fourth-order valence-electron chi connectivity index (χ4n) is 3.98. The van der Waals surface area contributed by atoms with Crippen LogP contribution in [0.25, 0.3) is 22.2 Å². The van der Waals surface area contributed by atoms with Crippen LogP contribution in [0.5, 0.6) is 5.75 Å². The molecule has 0 radical (unpaired) electrons. The maximum Gasteiger partial charge on any atom is 0.250 e. The second kappa shape index (κ2) is 6.58. The molecule has 5 nitrogen and oxygen atoms in total. The summed E-state index contributed by atoms with van der Waals surface area (Å²) in [5.41, 5.74) is 6.09. The lowest BCUT2D eigenvalue weighted by Gasteiger charge is -2.16. The number of ether oxygens (including phenoxy) is 1. The Morgan fingerprint density at radius 1 is 1.44 bits per heavy atom. The van der Waals surface area contributed by atoms with Crippen LogP contribution in [0.4, 0.5) is 5.69 Å². The number of nitrogens with one attached hydrogen (secondary N) is 1. The van der Waals surface area contributed by atoms with Crippen molar-refractivity contribution in [3.05, 3.63) is 54.4 Å². The molecule has 1 atom stereocenters. The number of anilines is 1. The highest BCUT2D eigenvalue weighted by Gasteiger charge is 2.29. The third kappa shape index (κ3) is 2.70. The number of H-pyrrole nitrogens is 1. The molecule has 5 heteroatoms. The number of carbonyl (C=O) groups excluding carboxylic acids is 1. The molecule has 1 aromatic carbocycles. The van der Waals surface area contributed by atoms with Crippen LogP contribution in [0, 0.1) is 6.92 Å². The minimum atomic E-state index is -0.0647. The number of rotatable bonds is 4. The maximum atomic E-state index is 12.3. The molecule has 3 heterocycles. The van der Waals surface area contributed by atoms with Crippen LogP contribution < -0.4 is 9.64 Å². The number of aromatic amines is 1. The van der Waals surface area contributed by atoms with Gasteiger partial charge in [0, 0.05) is 35.6 Å². The zero-order valence-corrected chi connectivity index (χ0v) is 15.9. The number of fused-ring (bicyclic) bond motifs is 2. The minimum absolute atomic E-state index is 0.0647. The Morgan fingerprint density at radius 3 is 3.00 bits per heavy atom. The van der Waals surface area contributed by atoms with Gasteiger partial charge in [0.1, 0.15) is 11.4 Å². The first-order chi connectivity index (χ1) is 13.0. The number of amides is 1. The maximum absolute atomic E-state index is 12.3. The average molecular weight is 361 g/mol. The van der Waals surface area contributed by atoms with Crippen LogP contribution in [0.3, 0.4) is 0 Å². The summed E-state index contributed by atoms with van der Waals surface area (Å²) in [6, 6.07) is 8.24. The minimum Gasteiger partial charge on any atom is -0.493 e. The number of aryl methyl sites for hydroxylation is 1. The van der Waals surface area contributed by atoms with Crippen molar-refractivity contribution in [1.82, 2.24) is 9.97 Å². The Bertz CT molecular complexity index is 1050. The Morgan fingerprint density at radius 2 is 2.26 bits per heavy atom. The summed E-state index contributed by atoms with van der Waals surface area (Å²) in [7, 11) is 0. The average Bonchev–Trinajstić information content (AvgIpc) is 3.18. The molecule has 1 aliphatic heterocycles. The third-order valence-corrected chi connectivity index (χ3v) is 5.18. The lowest BCUT2D eigenvalue weighted by Crippen LogP contribution is -2.27. The quantitative estimate of drug-likeness (QED) is 0.692. The van der Waals surface area contributed by atoms with Crippen LogP contribution in [-0.2, 0) is 4.79 Å². The van der Waals surface area contributed by atoms with Crippen molar-refractivity contribution in [2.45, 2.75) is 26.7 Å². The van der Waals surface area contributed by atoms with Crippen molar-refractivity contribution >= 4 is 22.6 Å². The van der Waals surface area contributed by atoms with Crippen molar-refractivity contribution in [2.75, 3.05) is 18.1 Å². The van der Waals surface area contributed by atoms with E-state index in [1.165, 1.54) is 11.6 Å². The van der Waals surface area contributed by atoms with Gasteiger partial charge in [0.05, 0.1) is 12.0 Å². The molecule has 1 amide bonds. The zero-order chi connectivity index (χ0) is 19.1. The first-order valence-electron chi connectivity index (χ1n) is 9.23. The smallest absolute Gasteiger partial charge is 0.250 e. The van der Waals surface area contributed by atoms with Gasteiger partial charge in [-0.25, -0.2) is 4.98 Å². The molecule has 0 spiro atoms. The standard InChI is InChI=1S/C22H23N3O2/c1-5-19(26)25-12-13(3)16-8-7-15(11-17(16)25)20-14(4)24-22-21(20)18(27-6-2)9-10-23-22/h5,7-11,13H,1,6,12H2,2-4H3,(H,23,24). The van der Waals surface area contributed by atoms with Gasteiger partial charge in [-0.15, -0.1) is 0 Å². The van der Waals surface area contributed by atoms with Gasteiger partial charge in [0.2, 0.25) is 5.91 Å². The molecule has 0 aliphatic carbocycles. The third-order valence-electron chi connectivity index (χ3n) is 5.18. The molecule has 0 bridgehead atoms. The summed E-state index contributed by atoms with van der Waals surface area (Å²) in [4.78, 5) is 21.9. The predicted molar refractivity (Wildman–Crippen MR) is 108 cm³/mol. The SMILES string of the molecule is C=CC(=O)N1CC(C)c2ccc(-c3c(C)[nH]c4nccc(OCC)c34)cc21. The molecular formula is C22H23N3O2. The molecule has 4 rings (SSSR count). The van der Waals surface area contributed by atoms with E-state index in [4.69, 9.17) is 4.74 Å². The molecule has 138 valence electrons. The first-order valence-corrected chi connectivity index (χ1v) is 9.23. The number of aromatic nitrogens is 2. The lowest BCUT2D eigenvalue weighted by molar-refractivity contribution is -0.114.